The highest BCUT2D eigenvalue weighted by molar-refractivity contribution is 5.20. The van der Waals surface area contributed by atoms with Gasteiger partial charge in [0.25, 0.3) is 0 Å². The molecule has 9 aliphatic rings. The largest absolute Gasteiger partial charge is 0.392 e. The molecular formula is C51H104N10O5. The standard InChI is InChI=1S/C11H22N2.C10H20N2O.C10H20N2.C7H16N2.2C6H13NO.CO2/c1-12-9-5-11(6-10-12)13-7-3-2-4-8-13;1-11-4-2-10(3-5-11)12-6-8-13-9-7-12;1-11-8-4-10(5-9-11)12-6-2-3-7-12;1-9-6-4-2-3-5-7(9)8;1-5-3-6(8)4-7(5)2;1-6-5-8-4-3-7(6)2;2-1-3/h11H,2-10H2,1H3;10H,2-9H2,1H3;10H,2-9H2,1H3;7H,2-6,8H2,1H3;5-6,8H,3-4H2,1-2H3;6H,3-5H2,1-2H3;/t;;;;;6-;/m.....1./s1. The molecule has 9 fully saturated rings. The number of rotatable bonds is 3. The van der Waals surface area contributed by atoms with E-state index < -0.39 is 0 Å². The Morgan fingerprint density at radius 1 is 0.455 bits per heavy atom. The summed E-state index contributed by atoms with van der Waals surface area (Å²) in [6, 6.07) is 3.86. The van der Waals surface area contributed by atoms with Crippen LogP contribution in [-0.4, -0.2) is 265 Å². The molecule has 0 amide bonds. The lowest BCUT2D eigenvalue weighted by molar-refractivity contribution is -0.191. The molecule has 9 saturated heterocycles. The van der Waals surface area contributed by atoms with Crippen molar-refractivity contribution in [2.45, 2.75) is 159 Å². The van der Waals surface area contributed by atoms with Crippen LogP contribution in [0.4, 0.5) is 0 Å². The van der Waals surface area contributed by atoms with Crippen molar-refractivity contribution in [3.63, 3.8) is 0 Å². The summed E-state index contributed by atoms with van der Waals surface area (Å²) in [6.07, 6.45) is 22.1. The molecule has 0 bridgehead atoms. The maximum atomic E-state index is 9.03. The van der Waals surface area contributed by atoms with Crippen LogP contribution in [0.2, 0.25) is 0 Å². The van der Waals surface area contributed by atoms with Gasteiger partial charge in [-0.2, -0.15) is 9.59 Å². The molecule has 66 heavy (non-hydrogen) atoms. The summed E-state index contributed by atoms with van der Waals surface area (Å²) in [5.74, 6) is 0. The number of nitrogens with two attached hydrogens (primary N) is 1. The molecule has 0 saturated carbocycles. The number of ether oxygens (including phenoxy) is 2. The number of morpholine rings is 2. The highest BCUT2D eigenvalue weighted by Crippen LogP contribution is 2.22. The van der Waals surface area contributed by atoms with Gasteiger partial charge in [-0.25, -0.2) is 0 Å². The third-order valence-corrected chi connectivity index (χ3v) is 15.8. The van der Waals surface area contributed by atoms with Crippen LogP contribution in [0.1, 0.15) is 117 Å². The molecule has 15 nitrogen and oxygen atoms in total. The van der Waals surface area contributed by atoms with Gasteiger partial charge in [0.05, 0.1) is 38.7 Å². The van der Waals surface area contributed by atoms with Crippen LogP contribution in [0.3, 0.4) is 0 Å². The van der Waals surface area contributed by atoms with Gasteiger partial charge in [0.15, 0.2) is 0 Å². The van der Waals surface area contributed by atoms with Crippen molar-refractivity contribution in [1.29, 1.82) is 0 Å². The first-order valence-corrected chi connectivity index (χ1v) is 26.8. The van der Waals surface area contributed by atoms with E-state index in [1.165, 1.54) is 168 Å². The third-order valence-electron chi connectivity index (χ3n) is 15.8. The van der Waals surface area contributed by atoms with Gasteiger partial charge < -0.3 is 49.7 Å². The molecule has 9 rings (SSSR count). The van der Waals surface area contributed by atoms with Crippen molar-refractivity contribution in [2.75, 3.05) is 167 Å². The number of aliphatic hydroxyl groups is 1. The summed E-state index contributed by atoms with van der Waals surface area (Å²) in [5.41, 5.74) is 5.80. The van der Waals surface area contributed by atoms with E-state index in [1.807, 2.05) is 7.05 Å². The van der Waals surface area contributed by atoms with Crippen LogP contribution < -0.4 is 5.73 Å². The number of nitrogens with zero attached hydrogens (tertiary/aromatic N) is 9. The van der Waals surface area contributed by atoms with Gasteiger partial charge in [-0.15, -0.1) is 0 Å². The molecule has 0 spiro atoms. The molecule has 3 N–H and O–H groups in total. The number of aliphatic hydroxyl groups excluding tert-OH is 1. The van der Waals surface area contributed by atoms with Crippen LogP contribution in [0.25, 0.3) is 0 Å². The van der Waals surface area contributed by atoms with E-state index in [-0.39, 0.29) is 12.3 Å². The quantitative estimate of drug-likeness (QED) is 0.427. The summed E-state index contributed by atoms with van der Waals surface area (Å²) in [6.45, 7) is 26.6. The van der Waals surface area contributed by atoms with Crippen LogP contribution in [0.5, 0.6) is 0 Å². The average Bonchev–Trinajstić information content (AvgIpc) is 3.93. The number of likely N-dealkylation sites (tertiary alicyclic amines) is 7. The maximum absolute atomic E-state index is 9.03. The Bertz CT molecular complexity index is 1130. The lowest BCUT2D eigenvalue weighted by Crippen LogP contribution is -2.48. The average molecular weight is 937 g/mol. The van der Waals surface area contributed by atoms with E-state index >= 15 is 0 Å². The Labute approximate surface area is 404 Å². The summed E-state index contributed by atoms with van der Waals surface area (Å²) in [7, 11) is 13.0. The number of hydrogen-bond acceptors (Lipinski definition) is 15. The lowest BCUT2D eigenvalue weighted by atomic mass is 10.0. The molecule has 0 radical (unpaired) electrons. The highest BCUT2D eigenvalue weighted by atomic mass is 16.5. The van der Waals surface area contributed by atoms with Crippen molar-refractivity contribution in [2.24, 2.45) is 5.73 Å². The Balaban J connectivity index is 0.000000210. The van der Waals surface area contributed by atoms with E-state index in [0.717, 1.165) is 77.2 Å². The second kappa shape index (κ2) is 35.0. The van der Waals surface area contributed by atoms with Crippen molar-refractivity contribution in [3.8, 4) is 0 Å². The Kier molecular flexibility index (Phi) is 31.4. The highest BCUT2D eigenvalue weighted by Gasteiger charge is 2.27. The molecule has 9 aliphatic heterocycles. The van der Waals surface area contributed by atoms with E-state index in [0.29, 0.717) is 18.2 Å². The van der Waals surface area contributed by atoms with Crippen LogP contribution in [-0.2, 0) is 19.1 Å². The number of likely N-dealkylation sites (N-methyl/N-ethyl adjacent to an activating group) is 2. The minimum atomic E-state index is -0.0741. The Hall–Kier alpha value is -1.14. The predicted molar refractivity (Wildman–Crippen MR) is 270 cm³/mol. The molecule has 0 aromatic carbocycles. The van der Waals surface area contributed by atoms with Gasteiger partial charge in [0.1, 0.15) is 0 Å². The normalized spacial score (nSPS) is 30.4. The first-order chi connectivity index (χ1) is 31.8. The van der Waals surface area contributed by atoms with Gasteiger partial charge >= 0.3 is 6.15 Å². The van der Waals surface area contributed by atoms with Gasteiger partial charge in [0, 0.05) is 56.4 Å². The van der Waals surface area contributed by atoms with Crippen molar-refractivity contribution < 1.29 is 24.2 Å². The minimum absolute atomic E-state index is 0.0741. The third kappa shape index (κ3) is 24.6. The second-order valence-electron chi connectivity index (χ2n) is 21.2. The fraction of sp³-hybridized carbons (Fsp3) is 0.980. The SMILES string of the molecule is CC1CC(O)CN1C.CN1CCC(N2CCCC2)CC1.CN1CCC(N2CCCCC2)CC1.CN1CCC(N2CCOCC2)CC1.CN1CCCCCC1N.C[C@@H]1COCCN1C.O=C=O. The molecule has 0 aromatic heterocycles. The zero-order valence-electron chi connectivity index (χ0n) is 44.0. The van der Waals surface area contributed by atoms with Crippen molar-refractivity contribution in [1.82, 2.24) is 44.1 Å². The number of piperidine rings is 4. The van der Waals surface area contributed by atoms with Gasteiger partial charge in [0.2, 0.25) is 0 Å². The monoisotopic (exact) mass is 937 g/mol. The summed E-state index contributed by atoms with van der Waals surface area (Å²) in [4.78, 5) is 38.4. The fourth-order valence-corrected chi connectivity index (χ4v) is 10.7. The zero-order valence-corrected chi connectivity index (χ0v) is 44.0. The first kappa shape index (κ1) is 59.2. The van der Waals surface area contributed by atoms with Crippen LogP contribution >= 0.6 is 0 Å². The summed E-state index contributed by atoms with van der Waals surface area (Å²) < 4.78 is 10.6. The van der Waals surface area contributed by atoms with E-state index in [4.69, 9.17) is 29.9 Å². The molecule has 0 aromatic rings. The molecule has 0 aliphatic carbocycles. The number of hydrogen-bond donors (Lipinski definition) is 2. The van der Waals surface area contributed by atoms with Gasteiger partial charge in [-0.05, 0) is 212 Å². The number of β-amino-alcohol motifs (C(OH)–C–C–N with tert-alkyl or cyclic N) is 1. The van der Waals surface area contributed by atoms with Crippen LogP contribution in [0.15, 0.2) is 0 Å². The van der Waals surface area contributed by atoms with Crippen LogP contribution in [0, 0.1) is 0 Å². The Morgan fingerprint density at radius 3 is 1.21 bits per heavy atom. The summed E-state index contributed by atoms with van der Waals surface area (Å²) in [5, 5.41) is 9.03. The molecule has 4 atom stereocenters. The maximum Gasteiger partial charge on any atom is 0.373 e. The van der Waals surface area contributed by atoms with Crippen molar-refractivity contribution in [3.05, 3.63) is 0 Å². The topological polar surface area (TPSA) is 128 Å². The predicted octanol–water partition coefficient (Wildman–Crippen LogP) is 3.76. The molecular weight excluding hydrogens is 833 g/mol. The van der Waals surface area contributed by atoms with Gasteiger partial charge in [-0.1, -0.05) is 19.3 Å². The van der Waals surface area contributed by atoms with E-state index in [9.17, 15) is 0 Å². The lowest BCUT2D eigenvalue weighted by Gasteiger charge is -2.39. The molecule has 3 unspecified atom stereocenters. The van der Waals surface area contributed by atoms with E-state index in [1.54, 1.807) is 0 Å². The first-order valence-electron chi connectivity index (χ1n) is 26.8. The van der Waals surface area contributed by atoms with E-state index in [2.05, 4.69) is 93.2 Å². The number of carbonyl (C=O) groups excluding carboxylic acids is 2. The molecule has 15 heteroatoms. The van der Waals surface area contributed by atoms with Crippen molar-refractivity contribution >= 4 is 6.15 Å². The zero-order chi connectivity index (χ0) is 48.1. The minimum Gasteiger partial charge on any atom is -0.392 e. The fourth-order valence-electron chi connectivity index (χ4n) is 10.7. The Morgan fingerprint density at radius 2 is 0.848 bits per heavy atom. The molecule has 388 valence electrons. The second-order valence-corrected chi connectivity index (χ2v) is 21.2. The van der Waals surface area contributed by atoms with Gasteiger partial charge in [-0.3, -0.25) is 14.7 Å². The molecule has 9 heterocycles. The smallest absolute Gasteiger partial charge is 0.373 e. The summed E-state index contributed by atoms with van der Waals surface area (Å²) >= 11 is 0.